The maximum atomic E-state index is 12.4. The Morgan fingerprint density at radius 3 is 2.59 bits per heavy atom. The topological polar surface area (TPSA) is 46.5 Å². The van der Waals surface area contributed by atoms with Crippen LogP contribution in [0.1, 0.15) is 42.2 Å². The predicted molar refractivity (Wildman–Crippen MR) is 84.2 cm³/mol. The Morgan fingerprint density at radius 2 is 1.82 bits per heavy atom. The quantitative estimate of drug-likeness (QED) is 0.881. The molecule has 0 radical (unpaired) electrons. The smallest absolute Gasteiger partial charge is 0.309 e. The van der Waals surface area contributed by atoms with Crippen molar-refractivity contribution in [2.45, 2.75) is 32.0 Å². The van der Waals surface area contributed by atoms with Crippen LogP contribution in [0, 0.1) is 5.92 Å². The monoisotopic (exact) mass is 296 g/mol. The van der Waals surface area contributed by atoms with E-state index in [0.717, 1.165) is 16.7 Å². The molecule has 0 aromatic heterocycles. The molecule has 3 rings (SSSR count). The number of esters is 1. The van der Waals surface area contributed by atoms with Crippen LogP contribution in [-0.4, -0.2) is 11.1 Å². The minimum absolute atomic E-state index is 0.232. The molecule has 22 heavy (non-hydrogen) atoms. The summed E-state index contributed by atoms with van der Waals surface area (Å²) in [4.78, 5) is 12.4. The number of aliphatic hydroxyl groups is 1. The first-order valence-electron chi connectivity index (χ1n) is 7.66. The summed E-state index contributed by atoms with van der Waals surface area (Å²) in [6.07, 6.45) is 0.197. The van der Waals surface area contributed by atoms with E-state index < -0.39 is 6.10 Å². The van der Waals surface area contributed by atoms with Crippen LogP contribution in [0.2, 0.25) is 0 Å². The number of ether oxygens (including phenoxy) is 1. The van der Waals surface area contributed by atoms with Gasteiger partial charge in [-0.1, -0.05) is 54.6 Å². The third-order valence-corrected chi connectivity index (χ3v) is 4.28. The molecule has 1 aliphatic rings. The number of aliphatic hydroxyl groups excluding tert-OH is 1. The third-order valence-electron chi connectivity index (χ3n) is 4.28. The summed E-state index contributed by atoms with van der Waals surface area (Å²) >= 11 is 0. The molecule has 2 aromatic carbocycles. The fourth-order valence-electron chi connectivity index (χ4n) is 3.03. The van der Waals surface area contributed by atoms with Gasteiger partial charge in [0.15, 0.2) is 0 Å². The zero-order valence-corrected chi connectivity index (χ0v) is 12.6. The van der Waals surface area contributed by atoms with Gasteiger partial charge in [-0.3, -0.25) is 4.79 Å². The highest BCUT2D eigenvalue weighted by atomic mass is 16.5. The highest BCUT2D eigenvalue weighted by Crippen LogP contribution is 2.34. The fraction of sp³-hybridized carbons (Fsp3) is 0.316. The average Bonchev–Trinajstić information content (AvgIpc) is 2.55. The van der Waals surface area contributed by atoms with E-state index in [9.17, 15) is 9.90 Å². The fourth-order valence-corrected chi connectivity index (χ4v) is 3.03. The van der Waals surface area contributed by atoms with Gasteiger partial charge in [-0.2, -0.15) is 0 Å². The van der Waals surface area contributed by atoms with Crippen LogP contribution in [0.4, 0.5) is 0 Å². The third kappa shape index (κ3) is 3.04. The minimum atomic E-state index is -0.588. The molecule has 1 N–H and O–H groups in total. The van der Waals surface area contributed by atoms with Crippen molar-refractivity contribution in [3.63, 3.8) is 0 Å². The first-order chi connectivity index (χ1) is 10.6. The second kappa shape index (κ2) is 6.32. The van der Waals surface area contributed by atoms with E-state index in [0.29, 0.717) is 12.8 Å². The van der Waals surface area contributed by atoms with Crippen molar-refractivity contribution in [3.05, 3.63) is 71.3 Å². The van der Waals surface area contributed by atoms with Crippen LogP contribution in [-0.2, 0) is 16.0 Å². The zero-order valence-electron chi connectivity index (χ0n) is 12.6. The largest absolute Gasteiger partial charge is 0.458 e. The van der Waals surface area contributed by atoms with Gasteiger partial charge < -0.3 is 9.84 Å². The van der Waals surface area contributed by atoms with Gasteiger partial charge in [0.1, 0.15) is 6.10 Å². The average molecular weight is 296 g/mol. The maximum Gasteiger partial charge on any atom is 0.309 e. The molecule has 0 spiro atoms. The van der Waals surface area contributed by atoms with Crippen LogP contribution in [0.3, 0.4) is 0 Å². The second-order valence-electron chi connectivity index (χ2n) is 5.84. The summed E-state index contributed by atoms with van der Waals surface area (Å²) in [6, 6.07) is 17.4. The Kier molecular flexibility index (Phi) is 4.25. The molecule has 0 heterocycles. The molecule has 3 atom stereocenters. The van der Waals surface area contributed by atoms with E-state index in [1.165, 1.54) is 0 Å². The molecule has 114 valence electrons. The Bertz CT molecular complexity index is 651. The summed E-state index contributed by atoms with van der Waals surface area (Å²) in [5.74, 6) is -0.513. The Morgan fingerprint density at radius 1 is 1.14 bits per heavy atom. The highest BCUT2D eigenvalue weighted by molar-refractivity contribution is 5.73. The predicted octanol–water partition coefficient (Wildman–Crippen LogP) is 3.59. The Balaban J connectivity index is 1.69. The highest BCUT2D eigenvalue weighted by Gasteiger charge is 2.31. The Hall–Kier alpha value is -2.13. The van der Waals surface area contributed by atoms with Crippen LogP contribution >= 0.6 is 0 Å². The lowest BCUT2D eigenvalue weighted by molar-refractivity contribution is -0.155. The molecular formula is C19H20O3. The number of rotatable bonds is 3. The summed E-state index contributed by atoms with van der Waals surface area (Å²) < 4.78 is 5.59. The van der Waals surface area contributed by atoms with E-state index in [2.05, 4.69) is 0 Å². The molecule has 3 heteroatoms. The molecule has 1 aliphatic carbocycles. The van der Waals surface area contributed by atoms with Crippen molar-refractivity contribution in [3.8, 4) is 0 Å². The summed E-state index contributed by atoms with van der Waals surface area (Å²) in [6.45, 7) is 1.88. The standard InChI is InChI=1S/C19H20O3/c1-13(14-7-3-2-4-8-14)22-19(21)16-11-15-9-5-6-10-17(15)18(20)12-16/h2-10,13,16,18,20H,11-12H2,1H3/t13-,16?,18+/m1/s1. The summed E-state index contributed by atoms with van der Waals surface area (Å²) in [7, 11) is 0. The molecular weight excluding hydrogens is 276 g/mol. The van der Waals surface area contributed by atoms with Gasteiger partial charge in [-0.15, -0.1) is 0 Å². The van der Waals surface area contributed by atoms with Crippen molar-refractivity contribution >= 4 is 5.97 Å². The number of carbonyl (C=O) groups is 1. The summed E-state index contributed by atoms with van der Waals surface area (Å²) in [5, 5.41) is 10.2. The first-order valence-corrected chi connectivity index (χ1v) is 7.66. The SMILES string of the molecule is C[C@@H](OC(=O)C1Cc2ccccc2[C@@H](O)C1)c1ccccc1. The molecule has 0 fully saturated rings. The van der Waals surface area contributed by atoms with E-state index in [1.807, 2.05) is 61.5 Å². The molecule has 0 saturated carbocycles. The van der Waals surface area contributed by atoms with Crippen molar-refractivity contribution in [1.29, 1.82) is 0 Å². The van der Waals surface area contributed by atoms with Gasteiger partial charge in [0.25, 0.3) is 0 Å². The summed E-state index contributed by atoms with van der Waals surface area (Å²) in [5.41, 5.74) is 2.95. The number of hydrogen-bond acceptors (Lipinski definition) is 3. The molecule has 0 saturated heterocycles. The van der Waals surface area contributed by atoms with Crippen molar-refractivity contribution in [2.75, 3.05) is 0 Å². The molecule has 3 nitrogen and oxygen atoms in total. The van der Waals surface area contributed by atoms with Crippen molar-refractivity contribution in [1.82, 2.24) is 0 Å². The van der Waals surface area contributed by atoms with Crippen LogP contribution in [0.25, 0.3) is 0 Å². The molecule has 2 aromatic rings. The van der Waals surface area contributed by atoms with Gasteiger partial charge in [0.2, 0.25) is 0 Å². The van der Waals surface area contributed by atoms with E-state index in [1.54, 1.807) is 0 Å². The molecule has 1 unspecified atom stereocenters. The van der Waals surface area contributed by atoms with E-state index >= 15 is 0 Å². The lowest BCUT2D eigenvalue weighted by Crippen LogP contribution is -2.27. The maximum absolute atomic E-state index is 12.4. The number of carbonyl (C=O) groups excluding carboxylic acids is 1. The lowest BCUT2D eigenvalue weighted by atomic mass is 9.82. The van der Waals surface area contributed by atoms with E-state index in [-0.39, 0.29) is 18.0 Å². The van der Waals surface area contributed by atoms with Gasteiger partial charge in [-0.25, -0.2) is 0 Å². The van der Waals surface area contributed by atoms with Crippen LogP contribution < -0.4 is 0 Å². The van der Waals surface area contributed by atoms with Gasteiger partial charge in [0, 0.05) is 0 Å². The first kappa shape index (κ1) is 14.8. The lowest BCUT2D eigenvalue weighted by Gasteiger charge is -2.28. The van der Waals surface area contributed by atoms with Gasteiger partial charge in [-0.05, 0) is 36.5 Å². The van der Waals surface area contributed by atoms with Gasteiger partial charge in [0.05, 0.1) is 12.0 Å². The molecule has 0 amide bonds. The van der Waals surface area contributed by atoms with Crippen molar-refractivity contribution < 1.29 is 14.6 Å². The Labute approximate surface area is 130 Å². The number of hydrogen-bond donors (Lipinski definition) is 1. The normalized spacial score (nSPS) is 21.7. The minimum Gasteiger partial charge on any atom is -0.458 e. The van der Waals surface area contributed by atoms with E-state index in [4.69, 9.17) is 4.74 Å². The number of benzene rings is 2. The van der Waals surface area contributed by atoms with Crippen molar-refractivity contribution in [2.24, 2.45) is 5.92 Å². The molecule has 0 aliphatic heterocycles. The molecule has 0 bridgehead atoms. The van der Waals surface area contributed by atoms with Crippen LogP contribution in [0.15, 0.2) is 54.6 Å². The van der Waals surface area contributed by atoms with Crippen LogP contribution in [0.5, 0.6) is 0 Å². The second-order valence-corrected chi connectivity index (χ2v) is 5.84. The zero-order chi connectivity index (χ0) is 15.5. The number of fused-ring (bicyclic) bond motifs is 1. The van der Waals surface area contributed by atoms with Gasteiger partial charge >= 0.3 is 5.97 Å².